The molecule has 1 rings (SSSR count). The molecule has 12 heavy (non-hydrogen) atoms. The van der Waals surface area contributed by atoms with E-state index in [1.165, 1.54) is 12.1 Å². The van der Waals surface area contributed by atoms with E-state index in [-0.39, 0.29) is 5.75 Å². The molecule has 5 heteroatoms. The van der Waals surface area contributed by atoms with Gasteiger partial charge in [-0.25, -0.2) is 0 Å². The molecule has 0 saturated heterocycles. The van der Waals surface area contributed by atoms with Crippen LogP contribution in [0.2, 0.25) is 0 Å². The average molecular weight is 285 g/mol. The zero-order valence-corrected chi connectivity index (χ0v) is 8.09. The Morgan fingerprint density at radius 2 is 2.08 bits per heavy atom. The summed E-state index contributed by atoms with van der Waals surface area (Å²) in [5.41, 5.74) is 5.90. The third-order valence-corrected chi connectivity index (χ3v) is 2.18. The quantitative estimate of drug-likeness (QED) is 0.669. The largest absolute Gasteiger partial charge is 0.435 e. The summed E-state index contributed by atoms with van der Waals surface area (Å²) >= 11 is 2.01. The Labute approximate surface area is 81.8 Å². The summed E-state index contributed by atoms with van der Waals surface area (Å²) in [6.45, 7) is -2.80. The molecule has 2 N–H and O–H groups in total. The molecule has 0 aliphatic rings. The minimum absolute atomic E-state index is 0.0860. The molecule has 0 aliphatic heterocycles. The highest BCUT2D eigenvalue weighted by Crippen LogP contribution is 2.22. The summed E-state index contributed by atoms with van der Waals surface area (Å²) in [4.78, 5) is 0. The fourth-order valence-electron chi connectivity index (χ4n) is 0.698. The molecule has 0 spiro atoms. The second-order valence-electron chi connectivity index (χ2n) is 2.06. The van der Waals surface area contributed by atoms with Crippen LogP contribution in [-0.2, 0) is 0 Å². The molecule has 0 amide bonds. The van der Waals surface area contributed by atoms with Crippen molar-refractivity contribution in [3.05, 3.63) is 21.8 Å². The minimum atomic E-state index is -2.80. The first-order valence-electron chi connectivity index (χ1n) is 3.09. The van der Waals surface area contributed by atoms with E-state index in [0.717, 1.165) is 3.57 Å². The third kappa shape index (κ3) is 2.47. The molecular formula is C7H6F2INO. The van der Waals surface area contributed by atoms with Crippen LogP contribution in [-0.4, -0.2) is 6.61 Å². The van der Waals surface area contributed by atoms with E-state index in [1.807, 2.05) is 22.6 Å². The van der Waals surface area contributed by atoms with E-state index in [1.54, 1.807) is 6.07 Å². The van der Waals surface area contributed by atoms with Gasteiger partial charge in [0, 0.05) is 15.3 Å². The first-order valence-corrected chi connectivity index (χ1v) is 4.17. The fraction of sp³-hybridized carbons (Fsp3) is 0.143. The Morgan fingerprint density at radius 1 is 1.42 bits per heavy atom. The zero-order valence-electron chi connectivity index (χ0n) is 5.93. The van der Waals surface area contributed by atoms with E-state index < -0.39 is 6.61 Å². The monoisotopic (exact) mass is 285 g/mol. The number of ether oxygens (including phenoxy) is 1. The van der Waals surface area contributed by atoms with Gasteiger partial charge >= 0.3 is 6.61 Å². The number of nitrogen functional groups attached to an aromatic ring is 1. The highest BCUT2D eigenvalue weighted by atomic mass is 127. The number of anilines is 1. The number of alkyl halides is 2. The van der Waals surface area contributed by atoms with Crippen molar-refractivity contribution in [3.63, 3.8) is 0 Å². The van der Waals surface area contributed by atoms with Crippen molar-refractivity contribution in [1.29, 1.82) is 0 Å². The van der Waals surface area contributed by atoms with Crippen molar-refractivity contribution in [2.45, 2.75) is 6.61 Å². The van der Waals surface area contributed by atoms with E-state index in [2.05, 4.69) is 4.74 Å². The number of hydrogen-bond acceptors (Lipinski definition) is 2. The molecule has 66 valence electrons. The predicted molar refractivity (Wildman–Crippen MR) is 50.2 cm³/mol. The molecule has 0 aliphatic carbocycles. The summed E-state index contributed by atoms with van der Waals surface area (Å²) < 4.78 is 28.3. The lowest BCUT2D eigenvalue weighted by Crippen LogP contribution is -2.02. The van der Waals surface area contributed by atoms with E-state index in [9.17, 15) is 8.78 Å². The van der Waals surface area contributed by atoms with E-state index in [0.29, 0.717) is 5.69 Å². The Kier molecular flexibility index (Phi) is 3.07. The van der Waals surface area contributed by atoms with Crippen LogP contribution < -0.4 is 10.5 Å². The lowest BCUT2D eigenvalue weighted by Gasteiger charge is -2.05. The van der Waals surface area contributed by atoms with Crippen LogP contribution in [0.4, 0.5) is 14.5 Å². The zero-order chi connectivity index (χ0) is 9.14. The van der Waals surface area contributed by atoms with Gasteiger partial charge in [-0.15, -0.1) is 0 Å². The molecule has 1 aromatic rings. The Bertz CT molecular complexity index is 280. The van der Waals surface area contributed by atoms with Crippen molar-refractivity contribution in [3.8, 4) is 5.75 Å². The average Bonchev–Trinajstić information content (AvgIpc) is 1.96. The standard InChI is InChI=1S/C7H6F2INO/c8-7(9)12-4-1-2-5(10)6(11)3-4/h1-3,7H,11H2. The fourth-order valence-corrected chi connectivity index (χ4v) is 1.03. The molecule has 0 fully saturated rings. The van der Waals surface area contributed by atoms with Gasteiger partial charge < -0.3 is 10.5 Å². The Morgan fingerprint density at radius 3 is 2.58 bits per heavy atom. The summed E-state index contributed by atoms with van der Waals surface area (Å²) in [6.07, 6.45) is 0. The first kappa shape index (κ1) is 9.50. The molecule has 1 aromatic carbocycles. The molecule has 0 aromatic heterocycles. The number of nitrogens with two attached hydrogens (primary N) is 1. The molecule has 0 bridgehead atoms. The van der Waals surface area contributed by atoms with Crippen LogP contribution in [0.3, 0.4) is 0 Å². The second kappa shape index (κ2) is 3.88. The maximum Gasteiger partial charge on any atom is 0.387 e. The molecule has 0 heterocycles. The molecule has 0 atom stereocenters. The number of hydrogen-bond donors (Lipinski definition) is 1. The van der Waals surface area contributed by atoms with Crippen LogP contribution in [0.1, 0.15) is 0 Å². The van der Waals surface area contributed by atoms with Crippen LogP contribution in [0.15, 0.2) is 18.2 Å². The second-order valence-corrected chi connectivity index (χ2v) is 3.22. The summed E-state index contributed by atoms with van der Waals surface area (Å²) in [6, 6.07) is 4.44. The van der Waals surface area contributed by atoms with E-state index in [4.69, 9.17) is 5.73 Å². The maximum absolute atomic E-state index is 11.7. The Hall–Kier alpha value is -0.590. The van der Waals surface area contributed by atoms with Crippen molar-refractivity contribution in [2.24, 2.45) is 0 Å². The lowest BCUT2D eigenvalue weighted by atomic mass is 10.3. The molecule has 0 saturated carbocycles. The van der Waals surface area contributed by atoms with E-state index >= 15 is 0 Å². The van der Waals surface area contributed by atoms with Gasteiger partial charge in [0.1, 0.15) is 5.75 Å². The van der Waals surface area contributed by atoms with Gasteiger partial charge in [-0.2, -0.15) is 8.78 Å². The van der Waals surface area contributed by atoms with Crippen LogP contribution in [0, 0.1) is 3.57 Å². The Balaban J connectivity index is 2.82. The van der Waals surface area contributed by atoms with Gasteiger partial charge in [-0.05, 0) is 34.7 Å². The highest BCUT2D eigenvalue weighted by molar-refractivity contribution is 14.1. The third-order valence-electron chi connectivity index (χ3n) is 1.19. The van der Waals surface area contributed by atoms with Gasteiger partial charge in [0.25, 0.3) is 0 Å². The van der Waals surface area contributed by atoms with Crippen molar-refractivity contribution in [2.75, 3.05) is 5.73 Å². The lowest BCUT2D eigenvalue weighted by molar-refractivity contribution is -0.0498. The molecule has 2 nitrogen and oxygen atoms in total. The van der Waals surface area contributed by atoms with Crippen molar-refractivity contribution >= 4 is 28.3 Å². The topological polar surface area (TPSA) is 35.2 Å². The normalized spacial score (nSPS) is 10.3. The molecule has 0 radical (unpaired) electrons. The van der Waals surface area contributed by atoms with Crippen LogP contribution in [0.25, 0.3) is 0 Å². The van der Waals surface area contributed by atoms with Gasteiger partial charge in [-0.1, -0.05) is 0 Å². The van der Waals surface area contributed by atoms with Crippen molar-refractivity contribution in [1.82, 2.24) is 0 Å². The SMILES string of the molecule is Nc1cc(OC(F)F)ccc1I. The highest BCUT2D eigenvalue weighted by Gasteiger charge is 2.04. The number of benzene rings is 1. The molecule has 0 unspecified atom stereocenters. The van der Waals surface area contributed by atoms with Crippen LogP contribution in [0.5, 0.6) is 5.75 Å². The summed E-state index contributed by atoms with van der Waals surface area (Å²) in [7, 11) is 0. The van der Waals surface area contributed by atoms with Gasteiger partial charge in [0.2, 0.25) is 0 Å². The van der Waals surface area contributed by atoms with Crippen molar-refractivity contribution < 1.29 is 13.5 Å². The number of rotatable bonds is 2. The smallest absolute Gasteiger partial charge is 0.387 e. The summed E-state index contributed by atoms with van der Waals surface area (Å²) in [5.74, 6) is 0.0860. The number of halogens is 3. The van der Waals surface area contributed by atoms with Gasteiger partial charge in [0.05, 0.1) is 0 Å². The predicted octanol–water partition coefficient (Wildman–Crippen LogP) is 2.47. The van der Waals surface area contributed by atoms with Crippen LogP contribution >= 0.6 is 22.6 Å². The maximum atomic E-state index is 11.7. The summed E-state index contributed by atoms with van der Waals surface area (Å²) in [5, 5.41) is 0. The van der Waals surface area contributed by atoms with Gasteiger partial charge in [-0.3, -0.25) is 0 Å². The first-order chi connectivity index (χ1) is 5.59. The molecular weight excluding hydrogens is 279 g/mol. The van der Waals surface area contributed by atoms with Gasteiger partial charge in [0.15, 0.2) is 0 Å². The minimum Gasteiger partial charge on any atom is -0.435 e.